The molecule has 1 aromatic carbocycles. The van der Waals surface area contributed by atoms with Crippen LogP contribution in [0.15, 0.2) is 24.3 Å². The van der Waals surface area contributed by atoms with Crippen LogP contribution in [0.3, 0.4) is 0 Å². The van der Waals surface area contributed by atoms with Crippen molar-refractivity contribution in [2.75, 3.05) is 0 Å². The van der Waals surface area contributed by atoms with E-state index in [-0.39, 0.29) is 11.7 Å². The van der Waals surface area contributed by atoms with E-state index in [1.165, 1.54) is 37.7 Å². The van der Waals surface area contributed by atoms with Gasteiger partial charge in [0.2, 0.25) is 6.29 Å². The highest BCUT2D eigenvalue weighted by Gasteiger charge is 2.32. The average molecular weight is 417 g/mol. The number of rotatable bonds is 9. The highest BCUT2D eigenvalue weighted by molar-refractivity contribution is 5.29. The first-order valence-corrected chi connectivity index (χ1v) is 12.4. The van der Waals surface area contributed by atoms with Crippen molar-refractivity contribution in [2.45, 2.75) is 125 Å². The fourth-order valence-electron chi connectivity index (χ4n) is 4.82. The quantitative estimate of drug-likeness (QED) is 0.375. The first kappa shape index (κ1) is 25.2. The Morgan fingerprint density at radius 2 is 1.50 bits per heavy atom. The van der Waals surface area contributed by atoms with Crippen LogP contribution in [0.5, 0.6) is 5.75 Å². The topological polar surface area (TPSA) is 18.5 Å². The van der Waals surface area contributed by atoms with Crippen molar-refractivity contribution in [1.29, 1.82) is 0 Å². The Morgan fingerprint density at radius 1 is 0.900 bits per heavy atom. The van der Waals surface area contributed by atoms with Crippen molar-refractivity contribution < 1.29 is 9.47 Å². The van der Waals surface area contributed by atoms with Crippen LogP contribution in [0.1, 0.15) is 118 Å². The summed E-state index contributed by atoms with van der Waals surface area (Å²) < 4.78 is 12.9. The van der Waals surface area contributed by atoms with E-state index >= 15 is 0 Å². The third kappa shape index (κ3) is 8.25. The van der Waals surface area contributed by atoms with Crippen LogP contribution in [0, 0.1) is 16.7 Å². The standard InChI is InChI=1S/C28H48O2/c1-9-11-21(10-2)22-12-16-24(17-13-22)29-26(20-27(3,4)5)30-25-18-14-23(15-19-25)28(6,7)8/h12-13,16-17,21,23,25-26H,9-11,14-15,18-20H2,1-8H3. The Balaban J connectivity index is 2.00. The fourth-order valence-corrected chi connectivity index (χ4v) is 4.82. The van der Waals surface area contributed by atoms with Gasteiger partial charge in [0, 0.05) is 6.42 Å². The summed E-state index contributed by atoms with van der Waals surface area (Å²) >= 11 is 0. The van der Waals surface area contributed by atoms with Gasteiger partial charge in [-0.05, 0) is 78.9 Å². The maximum Gasteiger partial charge on any atom is 0.200 e. The van der Waals surface area contributed by atoms with Gasteiger partial charge >= 0.3 is 0 Å². The summed E-state index contributed by atoms with van der Waals surface area (Å²) in [6, 6.07) is 8.79. The van der Waals surface area contributed by atoms with Gasteiger partial charge in [0.05, 0.1) is 6.10 Å². The lowest BCUT2D eigenvalue weighted by Gasteiger charge is -2.38. The molecule has 172 valence electrons. The average Bonchev–Trinajstić information content (AvgIpc) is 2.65. The first-order valence-electron chi connectivity index (χ1n) is 12.4. The van der Waals surface area contributed by atoms with Gasteiger partial charge in [-0.3, -0.25) is 0 Å². The molecule has 0 aromatic heterocycles. The molecule has 1 aliphatic carbocycles. The normalized spacial score (nSPS) is 22.5. The first-order chi connectivity index (χ1) is 14.0. The van der Waals surface area contributed by atoms with Crippen molar-refractivity contribution in [3.63, 3.8) is 0 Å². The van der Waals surface area contributed by atoms with E-state index in [4.69, 9.17) is 9.47 Å². The number of hydrogen-bond acceptors (Lipinski definition) is 2. The Labute approximate surface area is 187 Å². The fraction of sp³-hybridized carbons (Fsp3) is 0.786. The van der Waals surface area contributed by atoms with Crippen LogP contribution in [-0.2, 0) is 4.74 Å². The van der Waals surface area contributed by atoms with E-state index in [0.29, 0.717) is 17.4 Å². The predicted molar refractivity (Wildman–Crippen MR) is 129 cm³/mol. The van der Waals surface area contributed by atoms with E-state index in [1.807, 2.05) is 0 Å². The molecular formula is C28H48O2. The highest BCUT2D eigenvalue weighted by atomic mass is 16.7. The van der Waals surface area contributed by atoms with Gasteiger partial charge in [-0.25, -0.2) is 0 Å². The lowest BCUT2D eigenvalue weighted by molar-refractivity contribution is -0.147. The molecule has 2 nitrogen and oxygen atoms in total. The zero-order chi connectivity index (χ0) is 22.4. The molecule has 1 fully saturated rings. The largest absolute Gasteiger partial charge is 0.465 e. The molecule has 2 unspecified atom stereocenters. The van der Waals surface area contributed by atoms with Crippen molar-refractivity contribution in [3.05, 3.63) is 29.8 Å². The molecule has 0 amide bonds. The molecule has 0 N–H and O–H groups in total. The van der Waals surface area contributed by atoms with E-state index in [0.717, 1.165) is 30.9 Å². The van der Waals surface area contributed by atoms with Crippen LogP contribution in [0.2, 0.25) is 0 Å². The highest BCUT2D eigenvalue weighted by Crippen LogP contribution is 2.39. The minimum absolute atomic E-state index is 0.168. The summed E-state index contributed by atoms with van der Waals surface area (Å²) in [6.45, 7) is 18.5. The summed E-state index contributed by atoms with van der Waals surface area (Å²) in [6.07, 6.45) is 9.57. The lowest BCUT2D eigenvalue weighted by atomic mass is 9.72. The SMILES string of the molecule is CCCC(CC)c1ccc(OC(CC(C)(C)C)OC2CCC(C(C)(C)C)CC2)cc1. The van der Waals surface area contributed by atoms with Crippen molar-refractivity contribution in [3.8, 4) is 5.75 Å². The van der Waals surface area contributed by atoms with Gasteiger partial charge in [0.25, 0.3) is 0 Å². The third-order valence-corrected chi connectivity index (χ3v) is 6.77. The maximum absolute atomic E-state index is 6.55. The van der Waals surface area contributed by atoms with Gasteiger partial charge in [0.1, 0.15) is 5.75 Å². The molecule has 2 heteroatoms. The van der Waals surface area contributed by atoms with Crippen LogP contribution in [0.4, 0.5) is 0 Å². The van der Waals surface area contributed by atoms with Crippen molar-refractivity contribution in [2.24, 2.45) is 16.7 Å². The second kappa shape index (κ2) is 11.0. The number of benzene rings is 1. The van der Waals surface area contributed by atoms with Gasteiger partial charge < -0.3 is 9.47 Å². The lowest BCUT2D eigenvalue weighted by Crippen LogP contribution is -2.35. The smallest absolute Gasteiger partial charge is 0.200 e. The molecule has 0 radical (unpaired) electrons. The summed E-state index contributed by atoms with van der Waals surface area (Å²) in [5.41, 5.74) is 2.00. The van der Waals surface area contributed by atoms with E-state index in [9.17, 15) is 0 Å². The zero-order valence-electron chi connectivity index (χ0n) is 21.1. The Kier molecular flexibility index (Phi) is 9.28. The van der Waals surface area contributed by atoms with Gasteiger partial charge in [-0.1, -0.05) is 73.9 Å². The minimum atomic E-state index is -0.176. The van der Waals surface area contributed by atoms with Crippen LogP contribution < -0.4 is 4.74 Å². The van der Waals surface area contributed by atoms with Crippen molar-refractivity contribution >= 4 is 0 Å². The molecule has 0 aliphatic heterocycles. The summed E-state index contributed by atoms with van der Waals surface area (Å²) in [7, 11) is 0. The molecule has 0 spiro atoms. The Morgan fingerprint density at radius 3 is 1.97 bits per heavy atom. The van der Waals surface area contributed by atoms with Crippen molar-refractivity contribution in [1.82, 2.24) is 0 Å². The summed E-state index contributed by atoms with van der Waals surface area (Å²) in [5, 5.41) is 0. The Bertz CT molecular complexity index is 597. The zero-order valence-corrected chi connectivity index (χ0v) is 21.1. The minimum Gasteiger partial charge on any atom is -0.465 e. The summed E-state index contributed by atoms with van der Waals surface area (Å²) in [4.78, 5) is 0. The molecule has 1 saturated carbocycles. The molecular weight excluding hydrogens is 368 g/mol. The monoisotopic (exact) mass is 416 g/mol. The molecule has 30 heavy (non-hydrogen) atoms. The second-order valence-corrected chi connectivity index (χ2v) is 11.8. The maximum atomic E-state index is 6.55. The predicted octanol–water partition coefficient (Wildman–Crippen LogP) is 8.74. The van der Waals surface area contributed by atoms with E-state index < -0.39 is 0 Å². The molecule has 0 saturated heterocycles. The van der Waals surface area contributed by atoms with E-state index in [1.54, 1.807) is 0 Å². The van der Waals surface area contributed by atoms with Gasteiger partial charge in [0.15, 0.2) is 0 Å². The molecule has 2 atom stereocenters. The number of ether oxygens (including phenoxy) is 2. The summed E-state index contributed by atoms with van der Waals surface area (Å²) in [5.74, 6) is 2.40. The van der Waals surface area contributed by atoms with Crippen LogP contribution in [0.25, 0.3) is 0 Å². The molecule has 0 heterocycles. The second-order valence-electron chi connectivity index (χ2n) is 11.8. The van der Waals surface area contributed by atoms with E-state index in [2.05, 4.69) is 79.7 Å². The molecule has 1 aromatic rings. The molecule has 2 rings (SSSR count). The third-order valence-electron chi connectivity index (χ3n) is 6.77. The molecule has 1 aliphatic rings. The molecule has 0 bridgehead atoms. The van der Waals surface area contributed by atoms with Crippen LogP contribution >= 0.6 is 0 Å². The van der Waals surface area contributed by atoms with Gasteiger partial charge in [-0.15, -0.1) is 0 Å². The Hall–Kier alpha value is -1.02. The van der Waals surface area contributed by atoms with Gasteiger partial charge in [-0.2, -0.15) is 0 Å². The number of hydrogen-bond donors (Lipinski definition) is 0. The van der Waals surface area contributed by atoms with Crippen LogP contribution in [-0.4, -0.2) is 12.4 Å².